The first-order valence-corrected chi connectivity index (χ1v) is 7.28. The lowest BCUT2D eigenvalue weighted by Crippen LogP contribution is -2.34. The van der Waals surface area contributed by atoms with Crippen LogP contribution in [0.1, 0.15) is 10.4 Å². The van der Waals surface area contributed by atoms with Gasteiger partial charge in [-0.05, 0) is 18.2 Å². The highest BCUT2D eigenvalue weighted by Gasteiger charge is 2.37. The van der Waals surface area contributed by atoms with Crippen LogP contribution in [0.15, 0.2) is 18.2 Å². The lowest BCUT2D eigenvalue weighted by molar-refractivity contribution is -0.136. The summed E-state index contributed by atoms with van der Waals surface area (Å²) in [6.07, 6.45) is 0.948. The molecular weight excluding hydrogens is 288 g/mol. The smallest absolute Gasteiger partial charge is 0.323 e. The van der Waals surface area contributed by atoms with Crippen LogP contribution in [0.3, 0.4) is 0 Å². The van der Waals surface area contributed by atoms with Gasteiger partial charge in [0, 0.05) is 5.69 Å². The van der Waals surface area contributed by atoms with Gasteiger partial charge in [-0.1, -0.05) is 0 Å². The minimum absolute atomic E-state index is 0.0232. The van der Waals surface area contributed by atoms with Crippen LogP contribution in [0.2, 0.25) is 0 Å². The van der Waals surface area contributed by atoms with E-state index in [0.717, 1.165) is 11.2 Å². The molecule has 0 radical (unpaired) electrons. The number of ketones is 1. The number of rotatable bonds is 4. The van der Waals surface area contributed by atoms with Crippen molar-refractivity contribution in [1.29, 1.82) is 0 Å². The third-order valence-electron chi connectivity index (χ3n) is 2.57. The van der Waals surface area contributed by atoms with Crippen LogP contribution < -0.4 is 9.62 Å². The summed E-state index contributed by atoms with van der Waals surface area (Å²) in [5, 5.41) is 8.71. The van der Waals surface area contributed by atoms with Gasteiger partial charge in [-0.15, -0.1) is 0 Å². The molecule has 0 saturated carbocycles. The summed E-state index contributed by atoms with van der Waals surface area (Å²) < 4.78 is 24.4. The molecule has 20 heavy (non-hydrogen) atoms. The Morgan fingerprint density at radius 1 is 1.35 bits per heavy atom. The fourth-order valence-corrected chi connectivity index (χ4v) is 2.43. The van der Waals surface area contributed by atoms with Gasteiger partial charge in [-0.2, -0.15) is 0 Å². The molecule has 1 aromatic rings. The lowest BCUT2D eigenvalue weighted by Gasteiger charge is -2.13. The van der Waals surface area contributed by atoms with E-state index in [2.05, 4.69) is 4.72 Å². The van der Waals surface area contributed by atoms with Crippen molar-refractivity contribution in [1.82, 2.24) is 0 Å². The number of hydrogen-bond acceptors (Lipinski definition) is 5. The molecule has 0 spiro atoms. The number of carboxylic acids is 1. The fraction of sp³-hybridized carbons (Fsp3) is 0.182. The Bertz CT molecular complexity index is 724. The average Bonchev–Trinajstić information content (AvgIpc) is 2.52. The number of benzene rings is 1. The van der Waals surface area contributed by atoms with Crippen LogP contribution in [-0.2, 0) is 19.6 Å². The van der Waals surface area contributed by atoms with E-state index < -0.39 is 34.2 Å². The number of amides is 1. The number of Topliss-reactive ketones (excluding diaryl/α,β-unsaturated/α-hetero) is 1. The minimum Gasteiger partial charge on any atom is -0.480 e. The summed E-state index contributed by atoms with van der Waals surface area (Å²) in [6, 6.07) is 3.88. The maximum absolute atomic E-state index is 11.7. The van der Waals surface area contributed by atoms with Gasteiger partial charge in [0.2, 0.25) is 10.0 Å². The zero-order valence-corrected chi connectivity index (χ0v) is 11.1. The highest BCUT2D eigenvalue weighted by atomic mass is 32.2. The maximum atomic E-state index is 11.7. The molecule has 1 aliphatic heterocycles. The first kappa shape index (κ1) is 14.0. The van der Waals surface area contributed by atoms with Crippen molar-refractivity contribution < 1.29 is 27.9 Å². The van der Waals surface area contributed by atoms with Gasteiger partial charge in [0.1, 0.15) is 6.54 Å². The normalized spacial score (nSPS) is 14.3. The van der Waals surface area contributed by atoms with Crippen LogP contribution in [0.25, 0.3) is 0 Å². The predicted octanol–water partition coefficient (Wildman–Crippen LogP) is -0.328. The molecule has 0 aliphatic carbocycles. The Labute approximate surface area is 114 Å². The molecule has 0 saturated heterocycles. The van der Waals surface area contributed by atoms with E-state index in [1.807, 2.05) is 0 Å². The Balaban J connectivity index is 2.43. The first-order valence-electron chi connectivity index (χ1n) is 5.39. The Kier molecular flexibility index (Phi) is 3.22. The summed E-state index contributed by atoms with van der Waals surface area (Å²) in [7, 11) is -3.51. The van der Waals surface area contributed by atoms with E-state index in [4.69, 9.17) is 5.11 Å². The predicted molar refractivity (Wildman–Crippen MR) is 69.2 cm³/mol. The molecule has 0 bridgehead atoms. The van der Waals surface area contributed by atoms with Gasteiger partial charge >= 0.3 is 5.97 Å². The van der Waals surface area contributed by atoms with Crippen molar-refractivity contribution in [3.8, 4) is 0 Å². The second-order valence-corrected chi connectivity index (χ2v) is 5.97. The number of nitrogens with one attached hydrogen (secondary N) is 1. The molecular formula is C11H10N2O6S. The van der Waals surface area contributed by atoms with Crippen molar-refractivity contribution in [3.63, 3.8) is 0 Å². The van der Waals surface area contributed by atoms with Gasteiger partial charge in [0.25, 0.3) is 11.7 Å². The van der Waals surface area contributed by atoms with Gasteiger partial charge in [-0.3, -0.25) is 24.0 Å². The van der Waals surface area contributed by atoms with Crippen molar-refractivity contribution >= 4 is 39.1 Å². The molecule has 0 aromatic heterocycles. The molecule has 1 heterocycles. The molecule has 0 atom stereocenters. The Morgan fingerprint density at radius 3 is 2.55 bits per heavy atom. The van der Waals surface area contributed by atoms with Gasteiger partial charge in [0.15, 0.2) is 0 Å². The Morgan fingerprint density at radius 2 is 2.00 bits per heavy atom. The van der Waals surface area contributed by atoms with E-state index in [1.54, 1.807) is 0 Å². The van der Waals surface area contributed by atoms with Gasteiger partial charge in [0.05, 0.1) is 17.5 Å². The van der Waals surface area contributed by atoms with Crippen LogP contribution >= 0.6 is 0 Å². The number of sulfonamides is 1. The molecule has 106 valence electrons. The van der Waals surface area contributed by atoms with E-state index >= 15 is 0 Å². The van der Waals surface area contributed by atoms with E-state index in [1.165, 1.54) is 18.2 Å². The zero-order chi connectivity index (χ0) is 15.1. The van der Waals surface area contributed by atoms with E-state index in [9.17, 15) is 22.8 Å². The molecule has 1 aliphatic rings. The number of anilines is 2. The third kappa shape index (κ3) is 2.62. The number of aliphatic carboxylic acids is 1. The fourth-order valence-electron chi connectivity index (χ4n) is 1.87. The average molecular weight is 298 g/mol. The molecule has 0 fully saturated rings. The lowest BCUT2D eigenvalue weighted by atomic mass is 10.1. The molecule has 8 nitrogen and oxygen atoms in total. The summed E-state index contributed by atoms with van der Waals surface area (Å²) in [5.74, 6) is -3.06. The SMILES string of the molecule is CS(=O)(=O)Nc1ccc2c(c1)C(=O)C(=O)N2CC(=O)O. The Hall–Kier alpha value is -2.42. The van der Waals surface area contributed by atoms with Crippen LogP contribution in [-0.4, -0.2) is 44.0 Å². The minimum atomic E-state index is -3.51. The number of nitrogens with zero attached hydrogens (tertiary/aromatic N) is 1. The summed E-state index contributed by atoms with van der Waals surface area (Å²) in [5.41, 5.74) is 0.260. The molecule has 2 N–H and O–H groups in total. The number of carbonyl (C=O) groups excluding carboxylic acids is 2. The van der Waals surface area contributed by atoms with Crippen LogP contribution in [0, 0.1) is 0 Å². The highest BCUT2D eigenvalue weighted by molar-refractivity contribution is 7.92. The molecule has 2 rings (SSSR count). The molecule has 0 unspecified atom stereocenters. The summed E-state index contributed by atoms with van der Waals surface area (Å²) >= 11 is 0. The quantitative estimate of drug-likeness (QED) is 0.734. The van der Waals surface area contributed by atoms with E-state index in [0.29, 0.717) is 0 Å². The monoisotopic (exact) mass is 298 g/mol. The standard InChI is InChI=1S/C11H10N2O6S/c1-20(18,19)12-6-2-3-8-7(4-6)10(16)11(17)13(8)5-9(14)15/h2-4,12H,5H2,1H3,(H,14,15). The van der Waals surface area contributed by atoms with Crippen molar-refractivity contribution in [2.75, 3.05) is 22.4 Å². The van der Waals surface area contributed by atoms with Crippen molar-refractivity contribution in [2.45, 2.75) is 0 Å². The molecule has 1 amide bonds. The van der Waals surface area contributed by atoms with Gasteiger partial charge < -0.3 is 5.11 Å². The second kappa shape index (κ2) is 4.60. The van der Waals surface area contributed by atoms with Crippen LogP contribution in [0.4, 0.5) is 11.4 Å². The second-order valence-electron chi connectivity index (χ2n) is 4.22. The number of fused-ring (bicyclic) bond motifs is 1. The maximum Gasteiger partial charge on any atom is 0.323 e. The number of carboxylic acid groups (broad SMARTS) is 1. The van der Waals surface area contributed by atoms with Crippen molar-refractivity contribution in [3.05, 3.63) is 23.8 Å². The number of carbonyl (C=O) groups is 3. The summed E-state index contributed by atoms with van der Waals surface area (Å²) in [4.78, 5) is 34.9. The van der Waals surface area contributed by atoms with E-state index in [-0.39, 0.29) is 16.9 Å². The largest absolute Gasteiger partial charge is 0.480 e. The van der Waals surface area contributed by atoms with Crippen LogP contribution in [0.5, 0.6) is 0 Å². The summed E-state index contributed by atoms with van der Waals surface area (Å²) in [6.45, 7) is -0.629. The molecule has 9 heteroatoms. The highest BCUT2D eigenvalue weighted by Crippen LogP contribution is 2.31. The molecule has 1 aromatic carbocycles. The first-order chi connectivity index (χ1) is 9.19. The van der Waals surface area contributed by atoms with Crippen molar-refractivity contribution in [2.24, 2.45) is 0 Å². The van der Waals surface area contributed by atoms with Gasteiger partial charge in [-0.25, -0.2) is 8.42 Å². The zero-order valence-electron chi connectivity index (χ0n) is 10.3. The number of hydrogen-bond donors (Lipinski definition) is 2. The topological polar surface area (TPSA) is 121 Å². The third-order valence-corrected chi connectivity index (χ3v) is 3.17.